The lowest BCUT2D eigenvalue weighted by molar-refractivity contribution is -0.116. The predicted molar refractivity (Wildman–Crippen MR) is 84.6 cm³/mol. The highest BCUT2D eigenvalue weighted by molar-refractivity contribution is 5.91. The summed E-state index contributed by atoms with van der Waals surface area (Å²) in [7, 11) is 1.61. The van der Waals surface area contributed by atoms with Gasteiger partial charge in [-0.3, -0.25) is 4.79 Å². The average molecular weight is 294 g/mol. The minimum Gasteiger partial charge on any atom is -0.497 e. The van der Waals surface area contributed by atoms with Gasteiger partial charge in [-0.25, -0.2) is 0 Å². The summed E-state index contributed by atoms with van der Waals surface area (Å²) < 4.78 is 5.07. The van der Waals surface area contributed by atoms with Gasteiger partial charge in [-0.2, -0.15) is 0 Å². The van der Waals surface area contributed by atoms with Crippen LogP contribution < -0.4 is 15.4 Å². The lowest BCUT2D eigenvalue weighted by Gasteiger charge is -2.19. The first-order chi connectivity index (χ1) is 10.0. The second-order valence-corrected chi connectivity index (χ2v) is 5.32. The van der Waals surface area contributed by atoms with E-state index < -0.39 is 0 Å². The van der Waals surface area contributed by atoms with Crippen LogP contribution in [0.3, 0.4) is 0 Å². The van der Waals surface area contributed by atoms with E-state index in [0.29, 0.717) is 12.5 Å². The first kappa shape index (κ1) is 17.5. The van der Waals surface area contributed by atoms with Crippen molar-refractivity contribution < 1.29 is 14.6 Å². The quantitative estimate of drug-likeness (QED) is 0.653. The van der Waals surface area contributed by atoms with Crippen LogP contribution in [0.5, 0.6) is 5.75 Å². The van der Waals surface area contributed by atoms with Crippen LogP contribution in [0.4, 0.5) is 5.69 Å². The first-order valence-corrected chi connectivity index (χ1v) is 7.36. The fourth-order valence-corrected chi connectivity index (χ4v) is 2.19. The van der Waals surface area contributed by atoms with E-state index in [1.54, 1.807) is 7.11 Å². The number of nitrogens with one attached hydrogen (secondary N) is 2. The van der Waals surface area contributed by atoms with Crippen molar-refractivity contribution in [2.75, 3.05) is 19.0 Å². The molecular formula is C16H26N2O3. The summed E-state index contributed by atoms with van der Waals surface area (Å²) in [5.41, 5.74) is 0.765. The Kier molecular flexibility index (Phi) is 7.79. The second kappa shape index (κ2) is 9.37. The normalized spacial score (nSPS) is 13.5. The molecule has 1 aromatic rings. The standard InChI is InChI=1S/C16H26N2O3/c1-12(5-4-10-19)17-13(2)11-16(20)18-14-6-8-15(21-3)9-7-14/h6-9,12-13,17,19H,4-5,10-11H2,1-3H3,(H,18,20). The Balaban J connectivity index is 2.34. The number of anilines is 1. The van der Waals surface area contributed by atoms with Gasteiger partial charge < -0.3 is 20.5 Å². The Morgan fingerprint density at radius 1 is 1.24 bits per heavy atom. The molecule has 118 valence electrons. The number of amides is 1. The van der Waals surface area contributed by atoms with E-state index in [2.05, 4.69) is 17.6 Å². The van der Waals surface area contributed by atoms with Gasteiger partial charge in [0.05, 0.1) is 7.11 Å². The van der Waals surface area contributed by atoms with Crippen LogP contribution in [0.15, 0.2) is 24.3 Å². The Labute approximate surface area is 126 Å². The van der Waals surface area contributed by atoms with Crippen molar-refractivity contribution in [3.05, 3.63) is 24.3 Å². The monoisotopic (exact) mass is 294 g/mol. The van der Waals surface area contributed by atoms with Gasteiger partial charge in [0.1, 0.15) is 5.75 Å². The second-order valence-electron chi connectivity index (χ2n) is 5.32. The molecule has 0 spiro atoms. The summed E-state index contributed by atoms with van der Waals surface area (Å²) in [6.07, 6.45) is 2.09. The highest BCUT2D eigenvalue weighted by atomic mass is 16.5. The molecule has 0 saturated heterocycles. The fourth-order valence-electron chi connectivity index (χ4n) is 2.19. The van der Waals surface area contributed by atoms with Crippen molar-refractivity contribution in [2.24, 2.45) is 0 Å². The zero-order chi connectivity index (χ0) is 15.7. The van der Waals surface area contributed by atoms with Crippen LogP contribution in [0.2, 0.25) is 0 Å². The molecule has 0 saturated carbocycles. The lowest BCUT2D eigenvalue weighted by Crippen LogP contribution is -2.37. The molecule has 2 unspecified atom stereocenters. The maximum atomic E-state index is 12.0. The van der Waals surface area contributed by atoms with Crippen molar-refractivity contribution in [1.82, 2.24) is 5.32 Å². The van der Waals surface area contributed by atoms with Gasteiger partial charge in [0, 0.05) is 30.8 Å². The number of carbonyl (C=O) groups excluding carboxylic acids is 1. The largest absolute Gasteiger partial charge is 0.497 e. The molecule has 1 aromatic carbocycles. The number of rotatable bonds is 9. The molecule has 0 aromatic heterocycles. The molecule has 0 fully saturated rings. The van der Waals surface area contributed by atoms with Crippen molar-refractivity contribution in [1.29, 1.82) is 0 Å². The van der Waals surface area contributed by atoms with Crippen molar-refractivity contribution >= 4 is 11.6 Å². The predicted octanol–water partition coefficient (Wildman–Crippen LogP) is 2.16. The number of aliphatic hydroxyl groups is 1. The maximum Gasteiger partial charge on any atom is 0.225 e. The number of benzene rings is 1. The number of methoxy groups -OCH3 is 1. The summed E-state index contributed by atoms with van der Waals surface area (Å²) in [4.78, 5) is 12.0. The van der Waals surface area contributed by atoms with Crippen LogP contribution in [-0.2, 0) is 4.79 Å². The molecule has 0 aliphatic rings. The molecule has 2 atom stereocenters. The van der Waals surface area contributed by atoms with Crippen LogP contribution in [0, 0.1) is 0 Å². The summed E-state index contributed by atoms with van der Waals surface area (Å²) in [5.74, 6) is 0.746. The Morgan fingerprint density at radius 3 is 2.48 bits per heavy atom. The van der Waals surface area contributed by atoms with Gasteiger partial charge in [-0.1, -0.05) is 0 Å². The summed E-state index contributed by atoms with van der Waals surface area (Å²) in [6.45, 7) is 4.26. The number of aliphatic hydroxyl groups excluding tert-OH is 1. The molecule has 0 heterocycles. The van der Waals surface area contributed by atoms with E-state index in [1.165, 1.54) is 0 Å². The summed E-state index contributed by atoms with van der Waals surface area (Å²) >= 11 is 0. The maximum absolute atomic E-state index is 12.0. The number of hydrogen-bond acceptors (Lipinski definition) is 4. The molecule has 0 aliphatic heterocycles. The average Bonchev–Trinajstić information content (AvgIpc) is 2.45. The number of ether oxygens (including phenoxy) is 1. The zero-order valence-corrected chi connectivity index (χ0v) is 13.1. The molecule has 3 N–H and O–H groups in total. The van der Waals surface area contributed by atoms with Crippen LogP contribution in [0.25, 0.3) is 0 Å². The Morgan fingerprint density at radius 2 is 1.90 bits per heavy atom. The highest BCUT2D eigenvalue weighted by Gasteiger charge is 2.12. The van der Waals surface area contributed by atoms with E-state index in [9.17, 15) is 4.79 Å². The van der Waals surface area contributed by atoms with E-state index >= 15 is 0 Å². The third-order valence-corrected chi connectivity index (χ3v) is 3.23. The number of hydrogen-bond donors (Lipinski definition) is 3. The van der Waals surface area contributed by atoms with Gasteiger partial charge >= 0.3 is 0 Å². The van der Waals surface area contributed by atoms with Crippen LogP contribution in [0.1, 0.15) is 33.1 Å². The van der Waals surface area contributed by atoms with Gasteiger partial charge in [0.2, 0.25) is 5.91 Å². The molecular weight excluding hydrogens is 268 g/mol. The molecule has 0 aliphatic carbocycles. The van der Waals surface area contributed by atoms with E-state index in [4.69, 9.17) is 9.84 Å². The SMILES string of the molecule is COc1ccc(NC(=O)CC(C)NC(C)CCCO)cc1. The Hall–Kier alpha value is -1.59. The molecule has 5 nitrogen and oxygen atoms in total. The summed E-state index contributed by atoms with van der Waals surface area (Å²) in [6, 6.07) is 7.65. The molecule has 1 amide bonds. The number of carbonyl (C=O) groups is 1. The van der Waals surface area contributed by atoms with Gasteiger partial charge in [-0.05, 0) is 51.0 Å². The smallest absolute Gasteiger partial charge is 0.225 e. The van der Waals surface area contributed by atoms with Crippen molar-refractivity contribution in [2.45, 2.75) is 45.2 Å². The molecule has 0 bridgehead atoms. The van der Waals surface area contributed by atoms with Crippen LogP contribution >= 0.6 is 0 Å². The minimum absolute atomic E-state index is 0.0190. The highest BCUT2D eigenvalue weighted by Crippen LogP contribution is 2.15. The summed E-state index contributed by atoms with van der Waals surface area (Å²) in [5, 5.41) is 15.0. The molecule has 1 rings (SSSR count). The molecule has 21 heavy (non-hydrogen) atoms. The van der Waals surface area contributed by atoms with Crippen LogP contribution in [-0.4, -0.2) is 36.8 Å². The Bertz CT molecular complexity index is 420. The van der Waals surface area contributed by atoms with E-state index in [-0.39, 0.29) is 18.6 Å². The molecule has 5 heteroatoms. The van der Waals surface area contributed by atoms with Gasteiger partial charge in [0.25, 0.3) is 0 Å². The fraction of sp³-hybridized carbons (Fsp3) is 0.562. The van der Waals surface area contributed by atoms with E-state index in [1.807, 2.05) is 31.2 Å². The van der Waals surface area contributed by atoms with Crippen molar-refractivity contribution in [3.63, 3.8) is 0 Å². The van der Waals surface area contributed by atoms with Gasteiger partial charge in [-0.15, -0.1) is 0 Å². The third-order valence-electron chi connectivity index (χ3n) is 3.23. The zero-order valence-electron chi connectivity index (χ0n) is 13.1. The third kappa shape index (κ3) is 7.11. The van der Waals surface area contributed by atoms with Crippen molar-refractivity contribution in [3.8, 4) is 5.75 Å². The lowest BCUT2D eigenvalue weighted by atomic mass is 10.1. The first-order valence-electron chi connectivity index (χ1n) is 7.36. The van der Waals surface area contributed by atoms with E-state index in [0.717, 1.165) is 24.3 Å². The molecule has 0 radical (unpaired) electrons. The topological polar surface area (TPSA) is 70.6 Å². The minimum atomic E-state index is -0.0190. The van der Waals surface area contributed by atoms with Gasteiger partial charge in [0.15, 0.2) is 0 Å².